The summed E-state index contributed by atoms with van der Waals surface area (Å²) in [7, 11) is 0. The van der Waals surface area contributed by atoms with Crippen LogP contribution >= 0.6 is 27.5 Å². The Morgan fingerprint density at radius 3 is 2.23 bits per heavy atom. The molecule has 2 aromatic carbocycles. The molecule has 1 amide bonds. The number of carbonyl (C=O) groups excluding carboxylic acids is 3. The Bertz CT molecular complexity index is 1240. The predicted molar refractivity (Wildman–Crippen MR) is 137 cm³/mol. The minimum Gasteiger partial charge on any atom is -0.483 e. The van der Waals surface area contributed by atoms with Crippen LogP contribution in [-0.2, 0) is 14.4 Å². The van der Waals surface area contributed by atoms with Gasteiger partial charge in [-0.3, -0.25) is 14.4 Å². The summed E-state index contributed by atoms with van der Waals surface area (Å²) < 4.78 is 6.79. The van der Waals surface area contributed by atoms with Gasteiger partial charge in [-0.2, -0.15) is 0 Å². The van der Waals surface area contributed by atoms with Gasteiger partial charge in [0.1, 0.15) is 5.75 Å². The summed E-state index contributed by atoms with van der Waals surface area (Å²) in [6.45, 7) is -0.220. The number of nitrogens with one attached hydrogen (secondary N) is 2. The number of rotatable bonds is 5. The van der Waals surface area contributed by atoms with Crippen molar-refractivity contribution in [2.24, 2.45) is 0 Å². The van der Waals surface area contributed by atoms with E-state index in [1.165, 1.54) is 0 Å². The van der Waals surface area contributed by atoms with Crippen LogP contribution in [0.4, 0.5) is 5.69 Å². The number of benzene rings is 2. The summed E-state index contributed by atoms with van der Waals surface area (Å²) in [4.78, 5) is 38.8. The van der Waals surface area contributed by atoms with Crippen LogP contribution in [0.1, 0.15) is 50.0 Å². The standard InChI is InChI=1S/C27H24BrClN2O4/c28-15-7-12-23(35-14-24(34)30-17-10-8-16(29)9-11-17)18(13-15)25-26-19(3-1-5-21(26)32)31-20-4-2-6-22(33)27(20)25/h7-13,25,31H,1-6,14H2,(H,30,34). The zero-order chi connectivity index (χ0) is 24.5. The molecular formula is C27H24BrClN2O4. The van der Waals surface area contributed by atoms with Gasteiger partial charge in [0.2, 0.25) is 0 Å². The van der Waals surface area contributed by atoms with Gasteiger partial charge < -0.3 is 15.4 Å². The van der Waals surface area contributed by atoms with Gasteiger partial charge in [-0.25, -0.2) is 0 Å². The molecular weight excluding hydrogens is 532 g/mol. The molecule has 0 aromatic heterocycles. The van der Waals surface area contributed by atoms with Gasteiger partial charge >= 0.3 is 0 Å². The van der Waals surface area contributed by atoms with Crippen molar-refractivity contribution in [3.05, 3.63) is 80.1 Å². The van der Waals surface area contributed by atoms with Crippen LogP contribution in [0, 0.1) is 0 Å². The molecule has 0 fully saturated rings. The number of halogens is 2. The molecule has 0 saturated carbocycles. The van der Waals surface area contributed by atoms with E-state index in [1.54, 1.807) is 30.3 Å². The van der Waals surface area contributed by atoms with E-state index < -0.39 is 5.92 Å². The normalized spacial score (nSPS) is 18.1. The minimum atomic E-state index is -0.506. The summed E-state index contributed by atoms with van der Waals surface area (Å²) in [5, 5.41) is 6.79. The van der Waals surface area contributed by atoms with E-state index in [1.807, 2.05) is 12.1 Å². The summed E-state index contributed by atoms with van der Waals surface area (Å²) in [6.07, 6.45) is 4.05. The highest BCUT2D eigenvalue weighted by Crippen LogP contribution is 2.48. The van der Waals surface area contributed by atoms with Crippen LogP contribution in [0.2, 0.25) is 5.02 Å². The lowest BCUT2D eigenvalue weighted by molar-refractivity contribution is -0.119. The van der Waals surface area contributed by atoms with Gasteiger partial charge in [-0.15, -0.1) is 0 Å². The third-order valence-corrected chi connectivity index (χ3v) is 7.31. The summed E-state index contributed by atoms with van der Waals surface area (Å²) in [6, 6.07) is 12.3. The van der Waals surface area contributed by atoms with Crippen molar-refractivity contribution in [3.63, 3.8) is 0 Å². The number of Topliss-reactive ketones (excluding diaryl/α,β-unsaturated/α-hetero) is 2. The van der Waals surface area contributed by atoms with E-state index in [0.717, 1.165) is 41.6 Å². The Morgan fingerprint density at radius 1 is 0.971 bits per heavy atom. The first kappa shape index (κ1) is 23.8. The largest absolute Gasteiger partial charge is 0.483 e. The van der Waals surface area contributed by atoms with E-state index in [4.69, 9.17) is 16.3 Å². The van der Waals surface area contributed by atoms with Crippen molar-refractivity contribution in [3.8, 4) is 5.75 Å². The lowest BCUT2D eigenvalue weighted by atomic mass is 9.71. The van der Waals surface area contributed by atoms with Gasteiger partial charge in [0.25, 0.3) is 5.91 Å². The zero-order valence-corrected chi connectivity index (χ0v) is 21.3. The number of amides is 1. The number of allylic oxidation sites excluding steroid dienone is 4. The molecule has 35 heavy (non-hydrogen) atoms. The average Bonchev–Trinajstić information content (AvgIpc) is 2.84. The monoisotopic (exact) mass is 554 g/mol. The van der Waals surface area contributed by atoms with Gasteiger partial charge in [0.15, 0.2) is 18.2 Å². The highest BCUT2D eigenvalue weighted by atomic mass is 79.9. The third kappa shape index (κ3) is 4.93. The first-order chi connectivity index (χ1) is 16.9. The highest BCUT2D eigenvalue weighted by molar-refractivity contribution is 9.10. The number of anilines is 1. The molecule has 1 aliphatic heterocycles. The van der Waals surface area contributed by atoms with Crippen LogP contribution < -0.4 is 15.4 Å². The van der Waals surface area contributed by atoms with Crippen molar-refractivity contribution in [1.82, 2.24) is 5.32 Å². The number of ether oxygens (including phenoxy) is 1. The van der Waals surface area contributed by atoms with Crippen LogP contribution in [0.15, 0.2) is 69.5 Å². The van der Waals surface area contributed by atoms with Crippen molar-refractivity contribution in [2.75, 3.05) is 11.9 Å². The summed E-state index contributed by atoms with van der Waals surface area (Å²) >= 11 is 9.45. The Labute approximate surface area is 216 Å². The number of dihydropyridines is 1. The van der Waals surface area contributed by atoms with Crippen molar-refractivity contribution < 1.29 is 19.1 Å². The summed E-state index contributed by atoms with van der Waals surface area (Å²) in [5.74, 6) is -0.246. The maximum Gasteiger partial charge on any atom is 0.262 e. The minimum absolute atomic E-state index is 0.0556. The molecule has 6 nitrogen and oxygen atoms in total. The van der Waals surface area contributed by atoms with E-state index in [-0.39, 0.29) is 24.1 Å². The topological polar surface area (TPSA) is 84.5 Å². The molecule has 1 heterocycles. The van der Waals surface area contributed by atoms with E-state index >= 15 is 0 Å². The number of carbonyl (C=O) groups is 3. The molecule has 0 bridgehead atoms. The zero-order valence-electron chi connectivity index (χ0n) is 19.0. The molecule has 5 rings (SSSR count). The maximum atomic E-state index is 13.1. The molecule has 0 radical (unpaired) electrons. The Hall–Kier alpha value is -2.90. The van der Waals surface area contributed by atoms with Crippen LogP contribution in [0.25, 0.3) is 0 Å². The molecule has 0 atom stereocenters. The first-order valence-electron chi connectivity index (χ1n) is 11.7. The molecule has 2 aliphatic carbocycles. The second-order valence-electron chi connectivity index (χ2n) is 8.92. The number of hydrogen-bond donors (Lipinski definition) is 2. The molecule has 3 aliphatic rings. The molecule has 0 unspecified atom stereocenters. The fraction of sp³-hybridized carbons (Fsp3) is 0.296. The Morgan fingerprint density at radius 2 is 1.60 bits per heavy atom. The lowest BCUT2D eigenvalue weighted by Gasteiger charge is -2.37. The third-order valence-electron chi connectivity index (χ3n) is 6.56. The quantitative estimate of drug-likeness (QED) is 0.486. The SMILES string of the molecule is O=C(COc1ccc(Br)cc1C1C2=C(CCCC2=O)NC2=C1C(=O)CCC2)Nc1ccc(Cl)cc1. The highest BCUT2D eigenvalue weighted by Gasteiger charge is 2.41. The van der Waals surface area contributed by atoms with E-state index in [2.05, 4.69) is 26.6 Å². The molecule has 2 aromatic rings. The number of hydrogen-bond acceptors (Lipinski definition) is 5. The summed E-state index contributed by atoms with van der Waals surface area (Å²) in [5.41, 5.74) is 4.45. The number of ketones is 2. The molecule has 0 saturated heterocycles. The van der Waals surface area contributed by atoms with Gasteiger partial charge in [0, 0.05) is 62.0 Å². The molecule has 8 heteroatoms. The fourth-order valence-corrected chi connectivity index (χ4v) is 5.55. The van der Waals surface area contributed by atoms with Crippen molar-refractivity contribution in [1.29, 1.82) is 0 Å². The first-order valence-corrected chi connectivity index (χ1v) is 12.8. The maximum absolute atomic E-state index is 13.1. The van der Waals surface area contributed by atoms with E-state index in [0.29, 0.717) is 46.0 Å². The van der Waals surface area contributed by atoms with Crippen LogP contribution in [-0.4, -0.2) is 24.1 Å². The molecule has 0 spiro atoms. The van der Waals surface area contributed by atoms with E-state index in [9.17, 15) is 14.4 Å². The van der Waals surface area contributed by atoms with Crippen molar-refractivity contribution in [2.45, 2.75) is 44.4 Å². The van der Waals surface area contributed by atoms with Gasteiger partial charge in [-0.05, 0) is 68.1 Å². The molecule has 2 N–H and O–H groups in total. The second-order valence-corrected chi connectivity index (χ2v) is 10.3. The fourth-order valence-electron chi connectivity index (χ4n) is 5.04. The molecule has 180 valence electrons. The average molecular weight is 556 g/mol. The Kier molecular flexibility index (Phi) is 6.80. The van der Waals surface area contributed by atoms with Crippen LogP contribution in [0.5, 0.6) is 5.75 Å². The Balaban J connectivity index is 1.48. The van der Waals surface area contributed by atoms with Gasteiger partial charge in [0.05, 0.1) is 0 Å². The van der Waals surface area contributed by atoms with Gasteiger partial charge in [-0.1, -0.05) is 27.5 Å². The van der Waals surface area contributed by atoms with Crippen LogP contribution in [0.3, 0.4) is 0 Å². The van der Waals surface area contributed by atoms with Crippen molar-refractivity contribution >= 4 is 50.7 Å². The second kappa shape index (κ2) is 9.99. The predicted octanol–water partition coefficient (Wildman–Crippen LogP) is 5.82. The lowest BCUT2D eigenvalue weighted by Crippen LogP contribution is -2.36. The smallest absolute Gasteiger partial charge is 0.262 e.